The summed E-state index contributed by atoms with van der Waals surface area (Å²) in [5, 5.41) is 17.8. The molecule has 1 aromatic heterocycles. The van der Waals surface area contributed by atoms with E-state index in [9.17, 15) is 9.90 Å². The Morgan fingerprint density at radius 3 is 2.52 bits per heavy atom. The second-order valence-corrected chi connectivity index (χ2v) is 5.52. The molecule has 3 aromatic rings. The fraction of sp³-hybridized carbons (Fsp3) is 0.0526. The molecule has 0 radical (unpaired) electrons. The number of nitrogens with zero attached hydrogens (tertiary/aromatic N) is 1. The van der Waals surface area contributed by atoms with Gasteiger partial charge in [0.25, 0.3) is 5.91 Å². The van der Waals surface area contributed by atoms with E-state index >= 15 is 0 Å². The van der Waals surface area contributed by atoms with Crippen LogP contribution in [0.4, 0.5) is 0 Å². The Balaban J connectivity index is 1.67. The summed E-state index contributed by atoms with van der Waals surface area (Å²) in [5.74, 6) is 0.501. The maximum atomic E-state index is 11.0. The first-order valence-electron chi connectivity index (χ1n) is 7.68. The van der Waals surface area contributed by atoms with Crippen LogP contribution in [0.2, 0.25) is 0 Å². The van der Waals surface area contributed by atoms with E-state index in [1.54, 1.807) is 29.9 Å². The molecule has 25 heavy (non-hydrogen) atoms. The van der Waals surface area contributed by atoms with Crippen molar-refractivity contribution in [3.8, 4) is 17.0 Å². The zero-order valence-corrected chi connectivity index (χ0v) is 13.3. The predicted molar refractivity (Wildman–Crippen MR) is 93.9 cm³/mol. The number of amides is 1. The van der Waals surface area contributed by atoms with E-state index in [-0.39, 0.29) is 5.75 Å². The Kier molecular flexibility index (Phi) is 4.92. The molecule has 0 spiro atoms. The molecule has 6 nitrogen and oxygen atoms in total. The van der Waals surface area contributed by atoms with Gasteiger partial charge in [0.2, 0.25) is 0 Å². The van der Waals surface area contributed by atoms with Gasteiger partial charge in [-0.15, -0.1) is 0 Å². The number of aromatic amines is 1. The molecule has 126 valence electrons. The highest BCUT2D eigenvalue weighted by atomic mass is 16.5. The van der Waals surface area contributed by atoms with Gasteiger partial charge in [0.15, 0.2) is 0 Å². The summed E-state index contributed by atoms with van der Waals surface area (Å²) in [4.78, 5) is 18.6. The Morgan fingerprint density at radius 1 is 1.12 bits per heavy atom. The molecule has 1 heterocycles. The molecule has 2 aromatic carbocycles. The highest BCUT2D eigenvalue weighted by molar-refractivity contribution is 5.90. The van der Waals surface area contributed by atoms with Crippen LogP contribution in [0.1, 0.15) is 17.0 Å². The zero-order chi connectivity index (χ0) is 17.6. The first kappa shape index (κ1) is 16.5. The Labute approximate surface area is 144 Å². The predicted octanol–water partition coefficient (Wildman–Crippen LogP) is 2.89. The van der Waals surface area contributed by atoms with Crippen molar-refractivity contribution in [2.45, 2.75) is 6.42 Å². The molecule has 0 aliphatic heterocycles. The number of phenols is 1. The minimum atomic E-state index is -0.568. The number of carbonyl (C=O) groups is 1. The van der Waals surface area contributed by atoms with Gasteiger partial charge in [-0.25, -0.2) is 10.5 Å². The number of nitrogens with one attached hydrogen (secondary N) is 2. The van der Waals surface area contributed by atoms with Gasteiger partial charge in [-0.05, 0) is 47.0 Å². The smallest absolute Gasteiger partial charge is 0.267 e. The third-order valence-corrected chi connectivity index (χ3v) is 3.70. The molecule has 0 aliphatic rings. The summed E-state index contributed by atoms with van der Waals surface area (Å²) in [6.45, 7) is 0. The summed E-state index contributed by atoms with van der Waals surface area (Å²) in [7, 11) is 0. The number of imidazole rings is 1. The first-order valence-corrected chi connectivity index (χ1v) is 7.68. The van der Waals surface area contributed by atoms with Crippen LogP contribution in [-0.4, -0.2) is 26.2 Å². The maximum absolute atomic E-state index is 11.0. The number of aromatic hydroxyl groups is 1. The molecule has 3 rings (SSSR count). The summed E-state index contributed by atoms with van der Waals surface area (Å²) in [5.41, 5.74) is 5.33. The van der Waals surface area contributed by atoms with Crippen molar-refractivity contribution >= 4 is 12.0 Å². The minimum absolute atomic E-state index is 0.231. The molecule has 1 amide bonds. The van der Waals surface area contributed by atoms with Crippen molar-refractivity contribution in [1.82, 2.24) is 15.4 Å². The molecule has 0 atom stereocenters. The summed E-state index contributed by atoms with van der Waals surface area (Å²) in [6.07, 6.45) is 5.29. The third kappa shape index (κ3) is 4.33. The molecule has 4 N–H and O–H groups in total. The Morgan fingerprint density at radius 2 is 1.84 bits per heavy atom. The molecule has 0 aliphatic carbocycles. The van der Waals surface area contributed by atoms with E-state index in [0.29, 0.717) is 6.42 Å². The van der Waals surface area contributed by atoms with Crippen LogP contribution >= 0.6 is 0 Å². The lowest BCUT2D eigenvalue weighted by atomic mass is 10.1. The van der Waals surface area contributed by atoms with E-state index in [0.717, 1.165) is 28.2 Å². The zero-order valence-electron chi connectivity index (χ0n) is 13.3. The van der Waals surface area contributed by atoms with Crippen LogP contribution in [0, 0.1) is 0 Å². The quantitative estimate of drug-likeness (QED) is 0.327. The number of H-pyrrole nitrogens is 1. The number of hydroxylamine groups is 1. The van der Waals surface area contributed by atoms with Crippen LogP contribution in [0.15, 0.2) is 60.8 Å². The highest BCUT2D eigenvalue weighted by Crippen LogP contribution is 2.20. The average Bonchev–Trinajstić information content (AvgIpc) is 3.10. The second-order valence-electron chi connectivity index (χ2n) is 5.52. The van der Waals surface area contributed by atoms with Crippen molar-refractivity contribution < 1.29 is 15.1 Å². The van der Waals surface area contributed by atoms with Crippen LogP contribution in [0.25, 0.3) is 17.3 Å². The largest absolute Gasteiger partial charge is 0.508 e. The number of aromatic nitrogens is 2. The minimum Gasteiger partial charge on any atom is -0.508 e. The van der Waals surface area contributed by atoms with Crippen LogP contribution in [0.5, 0.6) is 5.75 Å². The van der Waals surface area contributed by atoms with Gasteiger partial charge in [0, 0.05) is 12.5 Å². The molecule has 0 unspecified atom stereocenters. The van der Waals surface area contributed by atoms with E-state index in [1.807, 2.05) is 36.4 Å². The van der Waals surface area contributed by atoms with Crippen molar-refractivity contribution in [3.05, 3.63) is 77.8 Å². The Bertz CT molecular complexity index is 881. The van der Waals surface area contributed by atoms with Gasteiger partial charge < -0.3 is 10.1 Å². The highest BCUT2D eigenvalue weighted by Gasteiger charge is 2.04. The number of carbonyl (C=O) groups excluding carboxylic acids is 1. The van der Waals surface area contributed by atoms with Crippen molar-refractivity contribution in [2.75, 3.05) is 0 Å². The fourth-order valence-corrected chi connectivity index (χ4v) is 2.39. The monoisotopic (exact) mass is 335 g/mol. The number of hydrogen-bond acceptors (Lipinski definition) is 4. The molecule has 0 bridgehead atoms. The molecular formula is C19H17N3O3. The van der Waals surface area contributed by atoms with E-state index in [1.165, 1.54) is 6.08 Å². The normalized spacial score (nSPS) is 10.9. The van der Waals surface area contributed by atoms with E-state index < -0.39 is 5.91 Å². The average molecular weight is 335 g/mol. The van der Waals surface area contributed by atoms with Crippen LogP contribution in [0.3, 0.4) is 0 Å². The van der Waals surface area contributed by atoms with Gasteiger partial charge >= 0.3 is 0 Å². The second kappa shape index (κ2) is 7.46. The van der Waals surface area contributed by atoms with Gasteiger partial charge in [-0.1, -0.05) is 24.3 Å². The third-order valence-electron chi connectivity index (χ3n) is 3.70. The standard InChI is InChI=1S/C19H17N3O3/c23-16-8-6-15(7-9-16)17-12-20-18(21-17)11-14-3-1-13(2-4-14)5-10-19(24)22-25/h1-10,12,23,25H,11H2,(H,20,21)(H,22,24)/b10-5+. The number of rotatable bonds is 5. The van der Waals surface area contributed by atoms with E-state index in [2.05, 4.69) is 9.97 Å². The van der Waals surface area contributed by atoms with Gasteiger partial charge in [-0.3, -0.25) is 10.0 Å². The van der Waals surface area contributed by atoms with Gasteiger partial charge in [-0.2, -0.15) is 0 Å². The molecule has 0 fully saturated rings. The summed E-state index contributed by atoms with van der Waals surface area (Å²) in [6, 6.07) is 14.6. The Hall–Kier alpha value is -3.38. The topological polar surface area (TPSA) is 98.2 Å². The van der Waals surface area contributed by atoms with E-state index in [4.69, 9.17) is 5.21 Å². The van der Waals surface area contributed by atoms with Gasteiger partial charge in [0.05, 0.1) is 11.9 Å². The fourth-order valence-electron chi connectivity index (χ4n) is 2.39. The molecule has 0 saturated heterocycles. The summed E-state index contributed by atoms with van der Waals surface area (Å²) < 4.78 is 0. The lowest BCUT2D eigenvalue weighted by molar-refractivity contribution is -0.124. The summed E-state index contributed by atoms with van der Waals surface area (Å²) >= 11 is 0. The molecular weight excluding hydrogens is 318 g/mol. The molecule has 6 heteroatoms. The van der Waals surface area contributed by atoms with Crippen molar-refractivity contribution in [2.24, 2.45) is 0 Å². The molecule has 0 saturated carbocycles. The number of hydrogen-bond donors (Lipinski definition) is 4. The SMILES string of the molecule is O=C(/C=C/c1ccc(Cc2ncc(-c3ccc(O)cc3)[nH]2)cc1)NO. The lowest BCUT2D eigenvalue weighted by Crippen LogP contribution is -2.14. The van der Waals surface area contributed by atoms with Crippen LogP contribution in [-0.2, 0) is 11.2 Å². The van der Waals surface area contributed by atoms with Gasteiger partial charge in [0.1, 0.15) is 11.6 Å². The lowest BCUT2D eigenvalue weighted by Gasteiger charge is -2.01. The first-order chi connectivity index (χ1) is 12.1. The number of benzene rings is 2. The number of phenolic OH excluding ortho intramolecular Hbond substituents is 1. The van der Waals surface area contributed by atoms with Crippen molar-refractivity contribution in [1.29, 1.82) is 0 Å². The van der Waals surface area contributed by atoms with Crippen molar-refractivity contribution in [3.63, 3.8) is 0 Å². The van der Waals surface area contributed by atoms with Crippen LogP contribution < -0.4 is 5.48 Å². The maximum Gasteiger partial charge on any atom is 0.267 e.